The zero-order valence-electron chi connectivity index (χ0n) is 10.9. The topological polar surface area (TPSA) is 72.2 Å². The molecule has 0 saturated carbocycles. The summed E-state index contributed by atoms with van der Waals surface area (Å²) in [5.74, 6) is -0.856. The molecule has 1 saturated heterocycles. The lowest BCUT2D eigenvalue weighted by Gasteiger charge is -2.18. The van der Waals surface area contributed by atoms with Gasteiger partial charge in [-0.15, -0.1) is 0 Å². The maximum atomic E-state index is 12.0. The number of hydrogen-bond donors (Lipinski definition) is 1. The molecule has 2 amide bonds. The normalized spacial score (nSPS) is 22.1. The van der Waals surface area contributed by atoms with Crippen molar-refractivity contribution in [2.45, 2.75) is 38.0 Å². The molecule has 0 spiro atoms. The van der Waals surface area contributed by atoms with Gasteiger partial charge in [-0.25, -0.2) is 0 Å². The Kier molecular flexibility index (Phi) is 2.42. The van der Waals surface area contributed by atoms with E-state index in [9.17, 15) is 9.59 Å². The van der Waals surface area contributed by atoms with Crippen LogP contribution >= 0.6 is 0 Å². The Hall–Kier alpha value is -2.17. The third-order valence-electron chi connectivity index (χ3n) is 4.31. The average Bonchev–Trinajstić information content (AvgIpc) is 3.03. The summed E-state index contributed by atoms with van der Waals surface area (Å²) in [5.41, 5.74) is 4.04. The molecule has 2 aliphatic rings. The van der Waals surface area contributed by atoms with E-state index in [1.165, 1.54) is 11.1 Å². The van der Waals surface area contributed by atoms with Crippen molar-refractivity contribution >= 4 is 22.8 Å². The fraction of sp³-hybridized carbons (Fsp3) is 0.400. The number of fused-ring (bicyclic) bond motifs is 3. The molecule has 1 aliphatic carbocycles. The van der Waals surface area contributed by atoms with E-state index in [2.05, 4.69) is 16.5 Å². The molecule has 5 heteroatoms. The molecular weight excluding hydrogens is 256 g/mol. The minimum Gasteiger partial charge on any atom is -0.356 e. The maximum Gasteiger partial charge on any atom is 0.235 e. The number of piperidine rings is 1. The van der Waals surface area contributed by atoms with E-state index in [1.54, 1.807) is 0 Å². The molecule has 4 rings (SSSR count). The number of benzene rings is 1. The van der Waals surface area contributed by atoms with Crippen LogP contribution in [0.2, 0.25) is 0 Å². The molecular formula is C15H14N2O3. The summed E-state index contributed by atoms with van der Waals surface area (Å²) in [5, 5.41) is 7.42. The molecule has 1 N–H and O–H groups in total. The summed E-state index contributed by atoms with van der Waals surface area (Å²) >= 11 is 0. The first-order valence-corrected chi connectivity index (χ1v) is 6.98. The maximum absolute atomic E-state index is 12.0. The molecule has 2 aromatic rings. The number of amides is 2. The molecule has 1 aliphatic heterocycles. The third-order valence-corrected chi connectivity index (χ3v) is 4.31. The highest BCUT2D eigenvalue weighted by molar-refractivity contribution is 6.02. The fourth-order valence-corrected chi connectivity index (χ4v) is 3.29. The van der Waals surface area contributed by atoms with Gasteiger partial charge in [-0.2, -0.15) is 0 Å². The number of aromatic nitrogens is 1. The SMILES string of the molecule is O=C1CCC(c2noc3c4c(ccc23)CCC4)C(=O)N1. The summed E-state index contributed by atoms with van der Waals surface area (Å²) in [6.07, 6.45) is 4.10. The second-order valence-electron chi connectivity index (χ2n) is 5.50. The second-order valence-corrected chi connectivity index (χ2v) is 5.50. The van der Waals surface area contributed by atoms with E-state index in [1.807, 2.05) is 6.07 Å². The quantitative estimate of drug-likeness (QED) is 0.802. The van der Waals surface area contributed by atoms with Gasteiger partial charge in [0.15, 0.2) is 5.58 Å². The van der Waals surface area contributed by atoms with Crippen molar-refractivity contribution in [1.29, 1.82) is 0 Å². The minimum absolute atomic E-state index is 0.208. The fourth-order valence-electron chi connectivity index (χ4n) is 3.29. The summed E-state index contributed by atoms with van der Waals surface area (Å²) in [4.78, 5) is 23.2. The first-order valence-electron chi connectivity index (χ1n) is 6.98. The Morgan fingerprint density at radius 3 is 2.95 bits per heavy atom. The number of hydrogen-bond acceptors (Lipinski definition) is 4. The molecule has 0 bridgehead atoms. The second kappa shape index (κ2) is 4.16. The van der Waals surface area contributed by atoms with Crippen LogP contribution in [-0.2, 0) is 22.4 Å². The summed E-state index contributed by atoms with van der Waals surface area (Å²) in [6, 6.07) is 4.10. The van der Waals surface area contributed by atoms with Crippen LogP contribution in [0.4, 0.5) is 0 Å². The number of nitrogens with zero attached hydrogens (tertiary/aromatic N) is 1. The van der Waals surface area contributed by atoms with Crippen LogP contribution < -0.4 is 5.32 Å². The molecule has 5 nitrogen and oxygen atoms in total. The highest BCUT2D eigenvalue weighted by atomic mass is 16.5. The van der Waals surface area contributed by atoms with Crippen molar-refractivity contribution in [3.05, 3.63) is 29.0 Å². The molecule has 1 aromatic heterocycles. The average molecular weight is 270 g/mol. The van der Waals surface area contributed by atoms with Crippen LogP contribution in [-0.4, -0.2) is 17.0 Å². The predicted octanol–water partition coefficient (Wildman–Crippen LogP) is 1.84. The van der Waals surface area contributed by atoms with Crippen molar-refractivity contribution < 1.29 is 14.1 Å². The van der Waals surface area contributed by atoms with Gasteiger partial charge in [0.1, 0.15) is 5.69 Å². The monoisotopic (exact) mass is 270 g/mol. The minimum atomic E-state index is -0.381. The highest BCUT2D eigenvalue weighted by Gasteiger charge is 2.32. The van der Waals surface area contributed by atoms with Gasteiger partial charge >= 0.3 is 0 Å². The molecule has 1 atom stereocenters. The van der Waals surface area contributed by atoms with Gasteiger partial charge in [-0.05, 0) is 37.3 Å². The molecule has 20 heavy (non-hydrogen) atoms. The lowest BCUT2D eigenvalue weighted by atomic mass is 9.92. The lowest BCUT2D eigenvalue weighted by Crippen LogP contribution is -2.39. The van der Waals surface area contributed by atoms with E-state index < -0.39 is 0 Å². The van der Waals surface area contributed by atoms with Gasteiger partial charge < -0.3 is 4.52 Å². The Labute approximate surface area is 115 Å². The summed E-state index contributed by atoms with van der Waals surface area (Å²) in [6.45, 7) is 0. The van der Waals surface area contributed by atoms with Crippen molar-refractivity contribution in [2.24, 2.45) is 0 Å². The molecule has 2 heterocycles. The highest BCUT2D eigenvalue weighted by Crippen LogP contribution is 2.35. The lowest BCUT2D eigenvalue weighted by molar-refractivity contribution is -0.134. The molecule has 0 radical (unpaired) electrons. The Balaban J connectivity index is 1.81. The first-order chi connectivity index (χ1) is 9.74. The summed E-state index contributed by atoms with van der Waals surface area (Å²) < 4.78 is 5.51. The van der Waals surface area contributed by atoms with Gasteiger partial charge in [0.25, 0.3) is 0 Å². The van der Waals surface area contributed by atoms with Crippen LogP contribution in [0.3, 0.4) is 0 Å². The van der Waals surface area contributed by atoms with Crippen LogP contribution in [0.5, 0.6) is 0 Å². The summed E-state index contributed by atoms with van der Waals surface area (Å²) in [7, 11) is 0. The third kappa shape index (κ3) is 1.59. The predicted molar refractivity (Wildman–Crippen MR) is 71.2 cm³/mol. The smallest absolute Gasteiger partial charge is 0.235 e. The van der Waals surface area contributed by atoms with Crippen molar-refractivity contribution in [2.75, 3.05) is 0 Å². The van der Waals surface area contributed by atoms with E-state index in [0.29, 0.717) is 18.5 Å². The van der Waals surface area contributed by atoms with Crippen LogP contribution in [0, 0.1) is 0 Å². The van der Waals surface area contributed by atoms with Crippen molar-refractivity contribution in [3.63, 3.8) is 0 Å². The van der Waals surface area contributed by atoms with Gasteiger partial charge in [0, 0.05) is 17.4 Å². The largest absolute Gasteiger partial charge is 0.356 e. The molecule has 1 fully saturated rings. The van der Waals surface area contributed by atoms with Crippen molar-refractivity contribution in [1.82, 2.24) is 10.5 Å². The molecule has 102 valence electrons. The van der Waals surface area contributed by atoms with Gasteiger partial charge in [0.05, 0.1) is 5.92 Å². The van der Waals surface area contributed by atoms with E-state index in [4.69, 9.17) is 4.52 Å². The van der Waals surface area contributed by atoms with Crippen molar-refractivity contribution in [3.8, 4) is 0 Å². The Morgan fingerprint density at radius 1 is 1.20 bits per heavy atom. The van der Waals surface area contributed by atoms with E-state index >= 15 is 0 Å². The Morgan fingerprint density at radius 2 is 2.10 bits per heavy atom. The zero-order valence-corrected chi connectivity index (χ0v) is 10.9. The van der Waals surface area contributed by atoms with Crippen LogP contribution in [0.15, 0.2) is 16.7 Å². The number of nitrogens with one attached hydrogen (secondary N) is 1. The van der Waals surface area contributed by atoms with E-state index in [0.717, 1.165) is 30.2 Å². The van der Waals surface area contributed by atoms with Crippen LogP contribution in [0.1, 0.15) is 42.0 Å². The van der Waals surface area contributed by atoms with E-state index in [-0.39, 0.29) is 17.7 Å². The zero-order chi connectivity index (χ0) is 13.7. The Bertz CT molecular complexity index is 732. The molecule has 1 unspecified atom stereocenters. The molecule has 1 aromatic carbocycles. The number of aryl methyl sites for hydroxylation is 2. The van der Waals surface area contributed by atoms with Crippen LogP contribution in [0.25, 0.3) is 11.0 Å². The van der Waals surface area contributed by atoms with Gasteiger partial charge in [-0.3, -0.25) is 14.9 Å². The number of carbonyl (C=O) groups excluding carboxylic acids is 2. The van der Waals surface area contributed by atoms with Gasteiger partial charge in [0.2, 0.25) is 11.8 Å². The number of carbonyl (C=O) groups is 2. The standard InChI is InChI=1S/C15H14N2O3/c18-12-7-6-11(15(19)16-12)13-10-5-4-8-2-1-3-9(8)14(10)20-17-13/h4-5,11H,1-3,6-7H2,(H,16,18,19). The first kappa shape index (κ1) is 11.6. The van der Waals surface area contributed by atoms with Gasteiger partial charge in [-0.1, -0.05) is 11.2 Å². The number of rotatable bonds is 1. The number of imide groups is 1.